The fraction of sp³-hybridized carbons (Fsp3) is 0.579. The number of nitrogens with zero attached hydrogens (tertiary/aromatic N) is 3. The number of rotatable bonds is 6. The summed E-state index contributed by atoms with van der Waals surface area (Å²) in [6.07, 6.45) is 7.79. The molecule has 3 heterocycles. The second kappa shape index (κ2) is 6.90. The van der Waals surface area contributed by atoms with Crippen molar-refractivity contribution in [1.82, 2.24) is 14.9 Å². The van der Waals surface area contributed by atoms with Crippen molar-refractivity contribution in [3.05, 3.63) is 46.2 Å². The van der Waals surface area contributed by atoms with Gasteiger partial charge in [-0.2, -0.15) is 0 Å². The summed E-state index contributed by atoms with van der Waals surface area (Å²) in [5.74, 6) is 0.788. The normalized spacial score (nSPS) is 26.8. The van der Waals surface area contributed by atoms with E-state index >= 15 is 0 Å². The number of aryl methyl sites for hydroxylation is 1. The Morgan fingerprint density at radius 3 is 3.04 bits per heavy atom. The van der Waals surface area contributed by atoms with Crippen LogP contribution in [0.3, 0.4) is 0 Å². The summed E-state index contributed by atoms with van der Waals surface area (Å²) >= 11 is 1.70. The lowest BCUT2D eigenvalue weighted by Crippen LogP contribution is -2.32. The SMILES string of the molecule is Cc1nc(COC[C@]23CCC[C@H]2CN(Cc2ccncc2)C3)cs1. The maximum absolute atomic E-state index is 6.13. The van der Waals surface area contributed by atoms with Gasteiger partial charge in [0.25, 0.3) is 0 Å². The topological polar surface area (TPSA) is 38.2 Å². The molecule has 1 aliphatic heterocycles. The molecule has 5 heteroatoms. The number of aromatic nitrogens is 2. The van der Waals surface area contributed by atoms with Crippen LogP contribution in [0.25, 0.3) is 0 Å². The average molecular weight is 343 g/mol. The van der Waals surface area contributed by atoms with Gasteiger partial charge in [-0.05, 0) is 43.4 Å². The number of ether oxygens (including phenoxy) is 1. The van der Waals surface area contributed by atoms with Gasteiger partial charge in [-0.3, -0.25) is 9.88 Å². The van der Waals surface area contributed by atoms with Crippen molar-refractivity contribution in [2.75, 3.05) is 19.7 Å². The molecule has 2 fully saturated rings. The number of pyridine rings is 1. The largest absolute Gasteiger partial charge is 0.374 e. The van der Waals surface area contributed by atoms with E-state index in [9.17, 15) is 0 Å². The molecule has 2 aliphatic rings. The molecule has 2 aromatic heterocycles. The van der Waals surface area contributed by atoms with E-state index in [0.29, 0.717) is 12.0 Å². The first kappa shape index (κ1) is 16.2. The lowest BCUT2D eigenvalue weighted by atomic mass is 9.81. The third-order valence-electron chi connectivity index (χ3n) is 5.57. The maximum atomic E-state index is 6.13. The first-order valence-electron chi connectivity index (χ1n) is 8.84. The maximum Gasteiger partial charge on any atom is 0.0898 e. The molecule has 1 saturated carbocycles. The smallest absolute Gasteiger partial charge is 0.0898 e. The molecule has 0 radical (unpaired) electrons. The van der Waals surface area contributed by atoms with Crippen LogP contribution in [0, 0.1) is 18.3 Å². The van der Waals surface area contributed by atoms with Gasteiger partial charge in [0.05, 0.1) is 23.9 Å². The second-order valence-corrected chi connectivity index (χ2v) is 8.39. The van der Waals surface area contributed by atoms with Crippen molar-refractivity contribution in [1.29, 1.82) is 0 Å². The monoisotopic (exact) mass is 343 g/mol. The molecule has 2 atom stereocenters. The molecule has 0 unspecified atom stereocenters. The Balaban J connectivity index is 1.35. The van der Waals surface area contributed by atoms with Crippen molar-refractivity contribution in [3.63, 3.8) is 0 Å². The van der Waals surface area contributed by atoms with Gasteiger partial charge >= 0.3 is 0 Å². The molecule has 0 spiro atoms. The van der Waals surface area contributed by atoms with Gasteiger partial charge in [-0.1, -0.05) is 6.42 Å². The van der Waals surface area contributed by atoms with Crippen LogP contribution in [0.5, 0.6) is 0 Å². The van der Waals surface area contributed by atoms with Crippen molar-refractivity contribution >= 4 is 11.3 Å². The predicted octanol–water partition coefficient (Wildman–Crippen LogP) is 3.67. The Morgan fingerprint density at radius 2 is 2.25 bits per heavy atom. The van der Waals surface area contributed by atoms with Gasteiger partial charge in [0.1, 0.15) is 0 Å². The molecule has 128 valence electrons. The molecule has 0 aromatic carbocycles. The van der Waals surface area contributed by atoms with Gasteiger partial charge in [0.2, 0.25) is 0 Å². The van der Waals surface area contributed by atoms with Crippen molar-refractivity contribution in [3.8, 4) is 0 Å². The van der Waals surface area contributed by atoms with Crippen molar-refractivity contribution in [2.24, 2.45) is 11.3 Å². The van der Waals surface area contributed by atoms with Crippen LogP contribution < -0.4 is 0 Å². The van der Waals surface area contributed by atoms with Crippen LogP contribution in [-0.2, 0) is 17.9 Å². The highest BCUT2D eigenvalue weighted by Gasteiger charge is 2.49. The third kappa shape index (κ3) is 3.39. The Hall–Kier alpha value is -1.30. The highest BCUT2D eigenvalue weighted by atomic mass is 32.1. The van der Waals surface area contributed by atoms with E-state index in [1.54, 1.807) is 11.3 Å². The summed E-state index contributed by atoms with van der Waals surface area (Å²) in [7, 11) is 0. The summed E-state index contributed by atoms with van der Waals surface area (Å²) in [4.78, 5) is 11.2. The summed E-state index contributed by atoms with van der Waals surface area (Å²) < 4.78 is 6.13. The summed E-state index contributed by atoms with van der Waals surface area (Å²) in [5.41, 5.74) is 2.80. The van der Waals surface area contributed by atoms with Crippen molar-refractivity contribution < 1.29 is 4.74 Å². The van der Waals surface area contributed by atoms with Crippen molar-refractivity contribution in [2.45, 2.75) is 39.3 Å². The lowest BCUT2D eigenvalue weighted by Gasteiger charge is -2.28. The van der Waals surface area contributed by atoms with Gasteiger partial charge in [0, 0.05) is 42.8 Å². The minimum Gasteiger partial charge on any atom is -0.374 e. The number of hydrogen-bond acceptors (Lipinski definition) is 5. The fourth-order valence-corrected chi connectivity index (χ4v) is 5.06. The molecule has 0 N–H and O–H groups in total. The number of fused-ring (bicyclic) bond motifs is 1. The van der Waals surface area contributed by atoms with E-state index in [4.69, 9.17) is 4.74 Å². The van der Waals surface area contributed by atoms with Crippen LogP contribution in [0.2, 0.25) is 0 Å². The Labute approximate surface area is 147 Å². The summed E-state index contributed by atoms with van der Waals surface area (Å²) in [6, 6.07) is 4.25. The highest BCUT2D eigenvalue weighted by molar-refractivity contribution is 7.09. The van der Waals surface area contributed by atoms with E-state index in [1.165, 1.54) is 31.4 Å². The number of hydrogen-bond donors (Lipinski definition) is 0. The molecular formula is C19H25N3OS. The first-order chi connectivity index (χ1) is 11.7. The zero-order valence-electron chi connectivity index (χ0n) is 14.3. The van der Waals surface area contributed by atoms with Crippen LogP contribution in [0.15, 0.2) is 29.9 Å². The van der Waals surface area contributed by atoms with E-state index in [1.807, 2.05) is 19.3 Å². The standard InChI is InChI=1S/C19H25N3OS/c1-15-21-18(12-24-15)11-23-14-19-6-2-3-17(19)10-22(13-19)9-16-4-7-20-8-5-16/h4-5,7-8,12,17H,2-3,6,9-11,13-14H2,1H3/t17-,19+/m0/s1. The van der Waals surface area contributed by atoms with Gasteiger partial charge in [-0.15, -0.1) is 11.3 Å². The minimum absolute atomic E-state index is 0.359. The molecule has 2 aromatic rings. The quantitative estimate of drug-likeness (QED) is 0.802. The summed E-state index contributed by atoms with van der Waals surface area (Å²) in [6.45, 7) is 6.99. The van der Waals surface area contributed by atoms with E-state index in [2.05, 4.69) is 32.4 Å². The number of likely N-dealkylation sites (tertiary alicyclic amines) is 1. The number of thiazole rings is 1. The van der Waals surface area contributed by atoms with Crippen LogP contribution >= 0.6 is 11.3 Å². The average Bonchev–Trinajstić information content (AvgIpc) is 3.23. The van der Waals surface area contributed by atoms with Gasteiger partial charge in [0.15, 0.2) is 0 Å². The van der Waals surface area contributed by atoms with E-state index in [0.717, 1.165) is 36.3 Å². The van der Waals surface area contributed by atoms with E-state index in [-0.39, 0.29) is 0 Å². The molecule has 0 amide bonds. The Kier molecular flexibility index (Phi) is 4.66. The van der Waals surface area contributed by atoms with Gasteiger partial charge in [-0.25, -0.2) is 4.98 Å². The van der Waals surface area contributed by atoms with Crippen LogP contribution in [0.1, 0.15) is 35.5 Å². The van der Waals surface area contributed by atoms with Crippen LogP contribution in [0.4, 0.5) is 0 Å². The lowest BCUT2D eigenvalue weighted by molar-refractivity contribution is 0.0254. The Bertz CT molecular complexity index is 674. The predicted molar refractivity (Wildman–Crippen MR) is 95.8 cm³/mol. The highest BCUT2D eigenvalue weighted by Crippen LogP contribution is 2.49. The summed E-state index contributed by atoms with van der Waals surface area (Å²) in [5, 5.41) is 3.23. The molecule has 1 aliphatic carbocycles. The molecular weight excluding hydrogens is 318 g/mol. The zero-order chi connectivity index (χ0) is 16.4. The first-order valence-corrected chi connectivity index (χ1v) is 9.71. The Morgan fingerprint density at radius 1 is 1.38 bits per heavy atom. The fourth-order valence-electron chi connectivity index (χ4n) is 4.46. The molecule has 4 rings (SSSR count). The molecule has 0 bridgehead atoms. The molecule has 1 saturated heterocycles. The van der Waals surface area contributed by atoms with E-state index < -0.39 is 0 Å². The third-order valence-corrected chi connectivity index (χ3v) is 6.39. The second-order valence-electron chi connectivity index (χ2n) is 7.33. The van der Waals surface area contributed by atoms with Crippen LogP contribution in [-0.4, -0.2) is 34.6 Å². The minimum atomic E-state index is 0.359. The zero-order valence-corrected chi connectivity index (χ0v) is 15.1. The van der Waals surface area contributed by atoms with Gasteiger partial charge < -0.3 is 4.74 Å². The molecule has 24 heavy (non-hydrogen) atoms. The molecule has 4 nitrogen and oxygen atoms in total.